The van der Waals surface area contributed by atoms with Crippen LogP contribution in [0.5, 0.6) is 0 Å². The summed E-state index contributed by atoms with van der Waals surface area (Å²) in [5.74, 6) is 0.928. The van der Waals surface area contributed by atoms with Crippen molar-refractivity contribution in [1.29, 1.82) is 0 Å². The first-order chi connectivity index (χ1) is 18.4. The van der Waals surface area contributed by atoms with E-state index in [1.807, 2.05) is 57.2 Å². The Morgan fingerprint density at radius 1 is 1.08 bits per heavy atom. The Morgan fingerprint density at radius 2 is 1.89 bits per heavy atom. The highest BCUT2D eigenvalue weighted by Gasteiger charge is 2.18. The third kappa shape index (κ3) is 5.15. The van der Waals surface area contributed by atoms with E-state index in [0.29, 0.717) is 17.9 Å². The average Bonchev–Trinajstić information content (AvgIpc) is 3.50. The highest BCUT2D eigenvalue weighted by Crippen LogP contribution is 2.32. The van der Waals surface area contributed by atoms with E-state index in [-0.39, 0.29) is 11.8 Å². The van der Waals surface area contributed by atoms with Gasteiger partial charge in [-0.15, -0.1) is 0 Å². The highest BCUT2D eigenvalue weighted by molar-refractivity contribution is 5.95. The van der Waals surface area contributed by atoms with Crippen LogP contribution < -0.4 is 5.32 Å². The third-order valence-electron chi connectivity index (χ3n) is 6.15. The Kier molecular flexibility index (Phi) is 6.95. The average molecular weight is 504 g/mol. The predicted molar refractivity (Wildman–Crippen MR) is 151 cm³/mol. The third-order valence-corrected chi connectivity index (χ3v) is 6.15. The van der Waals surface area contributed by atoms with Gasteiger partial charge < -0.3 is 10.3 Å². The van der Waals surface area contributed by atoms with Gasteiger partial charge in [0.1, 0.15) is 5.69 Å². The lowest BCUT2D eigenvalue weighted by atomic mass is 10.0. The minimum Gasteiger partial charge on any atom is -0.340 e. The number of amides is 1. The molecule has 5 aromatic rings. The number of benzene rings is 1. The number of aromatic amines is 2. The molecule has 0 aliphatic rings. The van der Waals surface area contributed by atoms with Gasteiger partial charge in [0.05, 0.1) is 23.1 Å². The highest BCUT2D eigenvalue weighted by atomic mass is 16.1. The fourth-order valence-corrected chi connectivity index (χ4v) is 4.42. The lowest BCUT2D eigenvalue weighted by Crippen LogP contribution is -2.13. The second-order valence-electron chi connectivity index (χ2n) is 9.55. The van der Waals surface area contributed by atoms with Crippen LogP contribution in [-0.2, 0) is 4.79 Å². The van der Waals surface area contributed by atoms with E-state index in [1.165, 1.54) is 0 Å². The quantitative estimate of drug-likeness (QED) is 0.215. The molecule has 0 aliphatic carbocycles. The van der Waals surface area contributed by atoms with Crippen LogP contribution in [0.15, 0.2) is 79.9 Å². The summed E-state index contributed by atoms with van der Waals surface area (Å²) in [6, 6.07) is 11.9. The topological polar surface area (TPSA) is 112 Å². The van der Waals surface area contributed by atoms with Gasteiger partial charge in [-0.05, 0) is 54.3 Å². The molecule has 190 valence electrons. The van der Waals surface area contributed by atoms with E-state index < -0.39 is 0 Å². The molecule has 0 saturated heterocycles. The molecule has 8 heteroatoms. The molecule has 8 nitrogen and oxygen atoms in total. The molecule has 0 fully saturated rings. The number of carbonyl (C=O) groups excluding carboxylic acids is 1. The Bertz CT molecular complexity index is 1640. The van der Waals surface area contributed by atoms with Crippen molar-refractivity contribution in [3.63, 3.8) is 0 Å². The molecule has 0 unspecified atom stereocenters. The first kappa shape index (κ1) is 24.8. The van der Waals surface area contributed by atoms with Crippen molar-refractivity contribution in [2.24, 2.45) is 5.92 Å². The van der Waals surface area contributed by atoms with E-state index in [2.05, 4.69) is 43.1 Å². The molecule has 1 aromatic carbocycles. The number of fused-ring (bicyclic) bond motifs is 1. The number of pyridine rings is 2. The van der Waals surface area contributed by atoms with Crippen molar-refractivity contribution in [1.82, 2.24) is 30.1 Å². The number of rotatable bonds is 8. The molecule has 38 heavy (non-hydrogen) atoms. The monoisotopic (exact) mass is 503 g/mol. The number of H-pyrrole nitrogens is 2. The van der Waals surface area contributed by atoms with Gasteiger partial charge in [0.25, 0.3) is 0 Å². The molecule has 3 N–H and O–H groups in total. The molecule has 5 rings (SSSR count). The zero-order valence-electron chi connectivity index (χ0n) is 21.6. The van der Waals surface area contributed by atoms with Crippen LogP contribution in [0.2, 0.25) is 0 Å². The number of aromatic nitrogens is 6. The number of allylic oxidation sites excluding steroid dienone is 2. The Balaban J connectivity index is 1.51. The number of hydrogen-bond donors (Lipinski definition) is 3. The smallest absolute Gasteiger partial charge is 0.224 e. The van der Waals surface area contributed by atoms with Crippen LogP contribution in [0.3, 0.4) is 0 Å². The summed E-state index contributed by atoms with van der Waals surface area (Å²) >= 11 is 0. The molecular formula is C30H29N7O. The molecular weight excluding hydrogens is 474 g/mol. The first-order valence-corrected chi connectivity index (χ1v) is 12.5. The number of imidazole rings is 1. The van der Waals surface area contributed by atoms with E-state index >= 15 is 0 Å². The summed E-state index contributed by atoms with van der Waals surface area (Å²) in [4.78, 5) is 29.1. The number of nitrogens with one attached hydrogen (secondary N) is 3. The van der Waals surface area contributed by atoms with Crippen molar-refractivity contribution in [2.45, 2.75) is 27.2 Å². The summed E-state index contributed by atoms with van der Waals surface area (Å²) < 4.78 is 0. The van der Waals surface area contributed by atoms with Gasteiger partial charge >= 0.3 is 0 Å². The zero-order chi connectivity index (χ0) is 26.6. The maximum Gasteiger partial charge on any atom is 0.224 e. The molecule has 0 aliphatic heterocycles. The van der Waals surface area contributed by atoms with Gasteiger partial charge in [-0.3, -0.25) is 19.9 Å². The maximum atomic E-state index is 12.2. The molecule has 0 spiro atoms. The molecule has 1 amide bonds. The van der Waals surface area contributed by atoms with E-state index in [4.69, 9.17) is 4.98 Å². The molecule has 4 heterocycles. The second kappa shape index (κ2) is 10.6. The summed E-state index contributed by atoms with van der Waals surface area (Å²) in [7, 11) is 0. The predicted octanol–water partition coefficient (Wildman–Crippen LogP) is 6.32. The molecule has 0 atom stereocenters. The van der Waals surface area contributed by atoms with Crippen LogP contribution in [0.4, 0.5) is 5.69 Å². The van der Waals surface area contributed by atoms with Gasteiger partial charge in [-0.1, -0.05) is 38.6 Å². The van der Waals surface area contributed by atoms with E-state index in [1.54, 1.807) is 30.9 Å². The lowest BCUT2D eigenvalue weighted by molar-refractivity contribution is -0.116. The lowest BCUT2D eigenvalue weighted by Gasteiger charge is -2.09. The van der Waals surface area contributed by atoms with Crippen molar-refractivity contribution in [3.8, 4) is 22.6 Å². The first-order valence-electron chi connectivity index (χ1n) is 12.5. The van der Waals surface area contributed by atoms with Gasteiger partial charge in [-0.25, -0.2) is 4.98 Å². The minimum absolute atomic E-state index is 0.0212. The molecule has 0 radical (unpaired) electrons. The van der Waals surface area contributed by atoms with Gasteiger partial charge in [-0.2, -0.15) is 5.10 Å². The Labute approximate surface area is 221 Å². The normalized spacial score (nSPS) is 11.7. The SMILES string of the molecule is C=C/C=C(/c1ccncc1)c1nc(-c2n[nH]c3ccc(-c4cncc(NC(=O)CC(C)C)c4)cc23)[nH]c1C. The molecule has 0 saturated carbocycles. The van der Waals surface area contributed by atoms with Crippen molar-refractivity contribution < 1.29 is 4.79 Å². The van der Waals surface area contributed by atoms with Crippen LogP contribution in [0, 0.1) is 12.8 Å². The number of carbonyl (C=O) groups is 1. The van der Waals surface area contributed by atoms with Crippen molar-refractivity contribution >= 4 is 28.1 Å². The van der Waals surface area contributed by atoms with Crippen molar-refractivity contribution in [3.05, 3.63) is 96.9 Å². The van der Waals surface area contributed by atoms with Crippen LogP contribution in [-0.4, -0.2) is 36.0 Å². The standard InChI is InChI=1S/C30H29N7O/c1-5-6-24(20-9-11-31-12-10-20)28-19(4)33-30(35-28)29-25-15-21(7-8-26(25)36-37-29)22-14-23(17-32-16-22)34-27(38)13-18(2)3/h5-12,14-18H,1,13H2,2-4H3,(H,33,35)(H,34,38)(H,36,37)/b24-6-. The number of anilines is 1. The zero-order valence-corrected chi connectivity index (χ0v) is 21.6. The fraction of sp³-hybridized carbons (Fsp3) is 0.167. The summed E-state index contributed by atoms with van der Waals surface area (Å²) in [5, 5.41) is 11.6. The number of nitrogens with zero attached hydrogens (tertiary/aromatic N) is 4. The van der Waals surface area contributed by atoms with Gasteiger partial charge in [0.15, 0.2) is 5.82 Å². The van der Waals surface area contributed by atoms with E-state index in [9.17, 15) is 4.79 Å². The largest absolute Gasteiger partial charge is 0.340 e. The maximum absolute atomic E-state index is 12.2. The van der Waals surface area contributed by atoms with Gasteiger partial charge in [0.2, 0.25) is 5.91 Å². The van der Waals surface area contributed by atoms with Crippen molar-refractivity contribution in [2.75, 3.05) is 5.32 Å². The Hall–Kier alpha value is -4.85. The fourth-order valence-electron chi connectivity index (χ4n) is 4.42. The summed E-state index contributed by atoms with van der Waals surface area (Å²) in [6.07, 6.45) is 11.1. The van der Waals surface area contributed by atoms with Crippen LogP contribution in [0.25, 0.3) is 39.1 Å². The minimum atomic E-state index is -0.0212. The van der Waals surface area contributed by atoms with Crippen LogP contribution in [0.1, 0.15) is 37.2 Å². The second-order valence-corrected chi connectivity index (χ2v) is 9.55. The summed E-state index contributed by atoms with van der Waals surface area (Å²) in [6.45, 7) is 9.91. The Morgan fingerprint density at radius 3 is 2.66 bits per heavy atom. The number of hydrogen-bond acceptors (Lipinski definition) is 5. The number of aryl methyl sites for hydroxylation is 1. The molecule has 4 aromatic heterocycles. The van der Waals surface area contributed by atoms with E-state index in [0.717, 1.165) is 50.2 Å². The summed E-state index contributed by atoms with van der Waals surface area (Å²) in [5.41, 5.74) is 7.84. The molecule has 0 bridgehead atoms. The van der Waals surface area contributed by atoms with Crippen LogP contribution >= 0.6 is 0 Å². The van der Waals surface area contributed by atoms with Gasteiger partial charge in [0, 0.05) is 47.2 Å².